The molecule has 3 rings (SSSR count). The summed E-state index contributed by atoms with van der Waals surface area (Å²) in [7, 11) is 0. The number of carbonyl (C=O) groups is 1. The maximum atomic E-state index is 12.3. The Kier molecular flexibility index (Phi) is 4.62. The van der Waals surface area contributed by atoms with E-state index in [-0.39, 0.29) is 5.91 Å². The highest BCUT2D eigenvalue weighted by Crippen LogP contribution is 2.26. The van der Waals surface area contributed by atoms with Gasteiger partial charge in [-0.1, -0.05) is 43.3 Å². The van der Waals surface area contributed by atoms with Gasteiger partial charge in [-0.15, -0.1) is 0 Å². The Balaban J connectivity index is 1.71. The molecule has 3 aromatic rings. The van der Waals surface area contributed by atoms with Crippen molar-refractivity contribution in [3.63, 3.8) is 0 Å². The number of amides is 1. The Bertz CT molecular complexity index is 775. The van der Waals surface area contributed by atoms with E-state index in [9.17, 15) is 4.79 Å². The molecule has 0 aliphatic rings. The van der Waals surface area contributed by atoms with E-state index in [0.717, 1.165) is 22.3 Å². The molecule has 1 amide bonds. The lowest BCUT2D eigenvalue weighted by Crippen LogP contribution is -2.37. The highest BCUT2D eigenvalue weighted by atomic mass is 16.5. The summed E-state index contributed by atoms with van der Waals surface area (Å²) in [6.07, 6.45) is 1.65. The number of hydrogen-bond donors (Lipinski definition) is 1. The lowest BCUT2D eigenvalue weighted by molar-refractivity contribution is -0.128. The first kappa shape index (κ1) is 15.2. The number of nitrogens with one attached hydrogen (secondary N) is 1. The maximum Gasteiger partial charge on any atom is 0.261 e. The number of rotatable bonds is 6. The first-order chi connectivity index (χ1) is 11.3. The summed E-state index contributed by atoms with van der Waals surface area (Å²) in [4.78, 5) is 12.3. The molecule has 4 heteroatoms. The molecule has 1 heterocycles. The molecule has 0 radical (unpaired) electrons. The van der Waals surface area contributed by atoms with Crippen LogP contribution >= 0.6 is 0 Å². The van der Waals surface area contributed by atoms with Crippen LogP contribution in [0.2, 0.25) is 0 Å². The van der Waals surface area contributed by atoms with Crippen molar-refractivity contribution in [1.82, 2.24) is 5.32 Å². The van der Waals surface area contributed by atoms with Crippen LogP contribution in [0.15, 0.2) is 65.3 Å². The van der Waals surface area contributed by atoms with Crippen molar-refractivity contribution in [2.24, 2.45) is 0 Å². The molecular formula is C19H19NO3. The molecule has 2 aromatic carbocycles. The predicted molar refractivity (Wildman–Crippen MR) is 89.2 cm³/mol. The summed E-state index contributed by atoms with van der Waals surface area (Å²) in [5.41, 5.74) is 0. The van der Waals surface area contributed by atoms with Crippen molar-refractivity contribution in [3.05, 3.63) is 66.6 Å². The van der Waals surface area contributed by atoms with Crippen molar-refractivity contribution >= 4 is 16.7 Å². The smallest absolute Gasteiger partial charge is 0.261 e. The molecule has 1 aromatic heterocycles. The number of fused-ring (bicyclic) bond motifs is 1. The van der Waals surface area contributed by atoms with E-state index >= 15 is 0 Å². The van der Waals surface area contributed by atoms with Crippen LogP contribution in [-0.2, 0) is 11.3 Å². The Hall–Kier alpha value is -2.75. The van der Waals surface area contributed by atoms with Gasteiger partial charge < -0.3 is 14.5 Å². The highest BCUT2D eigenvalue weighted by molar-refractivity contribution is 5.89. The molecule has 0 fully saturated rings. The van der Waals surface area contributed by atoms with Crippen molar-refractivity contribution in [2.45, 2.75) is 26.0 Å². The standard InChI is InChI=1S/C19H19NO3/c1-2-17(19(21)20-13-15-9-6-12-22-15)23-18-11-5-8-14-7-3-4-10-16(14)18/h3-12,17H,2,13H2,1H3,(H,20,21). The third-order valence-corrected chi connectivity index (χ3v) is 3.70. The summed E-state index contributed by atoms with van der Waals surface area (Å²) >= 11 is 0. The molecular weight excluding hydrogens is 290 g/mol. The zero-order chi connectivity index (χ0) is 16.1. The van der Waals surface area contributed by atoms with Gasteiger partial charge in [0.2, 0.25) is 0 Å². The fraction of sp³-hybridized carbons (Fsp3) is 0.211. The second-order valence-electron chi connectivity index (χ2n) is 5.29. The third kappa shape index (κ3) is 3.54. The van der Waals surface area contributed by atoms with Crippen LogP contribution in [0.4, 0.5) is 0 Å². The van der Waals surface area contributed by atoms with Gasteiger partial charge >= 0.3 is 0 Å². The van der Waals surface area contributed by atoms with E-state index in [1.807, 2.05) is 55.5 Å². The van der Waals surface area contributed by atoms with E-state index in [0.29, 0.717) is 13.0 Å². The topological polar surface area (TPSA) is 51.5 Å². The zero-order valence-electron chi connectivity index (χ0n) is 13.0. The molecule has 0 saturated carbocycles. The molecule has 0 aliphatic carbocycles. The van der Waals surface area contributed by atoms with E-state index in [1.54, 1.807) is 12.3 Å². The first-order valence-electron chi connectivity index (χ1n) is 7.72. The average molecular weight is 309 g/mol. The van der Waals surface area contributed by atoms with Crippen molar-refractivity contribution in [2.75, 3.05) is 0 Å². The van der Waals surface area contributed by atoms with E-state index < -0.39 is 6.10 Å². The van der Waals surface area contributed by atoms with E-state index in [4.69, 9.17) is 9.15 Å². The van der Waals surface area contributed by atoms with Gasteiger partial charge in [0.05, 0.1) is 12.8 Å². The molecule has 4 nitrogen and oxygen atoms in total. The minimum absolute atomic E-state index is 0.142. The van der Waals surface area contributed by atoms with Crippen LogP contribution in [0.3, 0.4) is 0 Å². The van der Waals surface area contributed by atoms with Crippen LogP contribution in [0, 0.1) is 0 Å². The van der Waals surface area contributed by atoms with Crippen molar-refractivity contribution < 1.29 is 13.9 Å². The second-order valence-corrected chi connectivity index (χ2v) is 5.29. The van der Waals surface area contributed by atoms with Crippen LogP contribution in [0.1, 0.15) is 19.1 Å². The Morgan fingerprint density at radius 3 is 2.74 bits per heavy atom. The maximum absolute atomic E-state index is 12.3. The molecule has 0 saturated heterocycles. The van der Waals surface area contributed by atoms with Crippen molar-refractivity contribution in [3.8, 4) is 5.75 Å². The van der Waals surface area contributed by atoms with E-state index in [1.165, 1.54) is 0 Å². The summed E-state index contributed by atoms with van der Waals surface area (Å²) in [5, 5.41) is 4.95. The minimum atomic E-state index is -0.532. The summed E-state index contributed by atoms with van der Waals surface area (Å²) < 4.78 is 11.2. The SMILES string of the molecule is CCC(Oc1cccc2ccccc12)C(=O)NCc1ccco1. The fourth-order valence-electron chi connectivity index (χ4n) is 2.48. The van der Waals surface area contributed by atoms with Gasteiger partial charge in [-0.25, -0.2) is 0 Å². The van der Waals surface area contributed by atoms with Gasteiger partial charge in [0.1, 0.15) is 11.5 Å². The lowest BCUT2D eigenvalue weighted by Gasteiger charge is -2.18. The largest absolute Gasteiger partial charge is 0.480 e. The molecule has 0 bridgehead atoms. The van der Waals surface area contributed by atoms with Gasteiger partial charge in [-0.3, -0.25) is 4.79 Å². The Morgan fingerprint density at radius 1 is 1.13 bits per heavy atom. The highest BCUT2D eigenvalue weighted by Gasteiger charge is 2.19. The fourth-order valence-corrected chi connectivity index (χ4v) is 2.48. The molecule has 0 aliphatic heterocycles. The summed E-state index contributed by atoms with van der Waals surface area (Å²) in [5.74, 6) is 1.30. The Labute approximate surface area is 135 Å². The molecule has 23 heavy (non-hydrogen) atoms. The van der Waals surface area contributed by atoms with Gasteiger partial charge in [0.15, 0.2) is 6.10 Å². The number of furan rings is 1. The van der Waals surface area contributed by atoms with Crippen LogP contribution < -0.4 is 10.1 Å². The van der Waals surface area contributed by atoms with Crippen molar-refractivity contribution in [1.29, 1.82) is 0 Å². The van der Waals surface area contributed by atoms with Crippen LogP contribution in [0.5, 0.6) is 5.75 Å². The Morgan fingerprint density at radius 2 is 1.96 bits per heavy atom. The number of hydrogen-bond acceptors (Lipinski definition) is 3. The van der Waals surface area contributed by atoms with Gasteiger partial charge in [0, 0.05) is 5.39 Å². The average Bonchev–Trinajstić information content (AvgIpc) is 3.11. The second kappa shape index (κ2) is 7.01. The van der Waals surface area contributed by atoms with Crippen LogP contribution in [0.25, 0.3) is 10.8 Å². The van der Waals surface area contributed by atoms with E-state index in [2.05, 4.69) is 5.32 Å². The molecule has 1 unspecified atom stereocenters. The molecule has 118 valence electrons. The predicted octanol–water partition coefficient (Wildman–Crippen LogP) is 3.91. The monoisotopic (exact) mass is 309 g/mol. The zero-order valence-corrected chi connectivity index (χ0v) is 13.0. The lowest BCUT2D eigenvalue weighted by atomic mass is 10.1. The minimum Gasteiger partial charge on any atom is -0.480 e. The number of carbonyl (C=O) groups excluding carboxylic acids is 1. The van der Waals surface area contributed by atoms with Gasteiger partial charge in [-0.2, -0.15) is 0 Å². The number of benzene rings is 2. The third-order valence-electron chi connectivity index (χ3n) is 3.70. The molecule has 0 spiro atoms. The first-order valence-corrected chi connectivity index (χ1v) is 7.72. The number of ether oxygens (including phenoxy) is 1. The normalized spacial score (nSPS) is 12.0. The molecule has 1 atom stereocenters. The van der Waals surface area contributed by atoms with Gasteiger partial charge in [-0.05, 0) is 30.0 Å². The summed E-state index contributed by atoms with van der Waals surface area (Å²) in [6, 6.07) is 17.5. The molecule has 1 N–H and O–H groups in total. The summed E-state index contributed by atoms with van der Waals surface area (Å²) in [6.45, 7) is 2.30. The van der Waals surface area contributed by atoms with Gasteiger partial charge in [0.25, 0.3) is 5.91 Å². The quantitative estimate of drug-likeness (QED) is 0.751. The van der Waals surface area contributed by atoms with Crippen LogP contribution in [-0.4, -0.2) is 12.0 Å².